The summed E-state index contributed by atoms with van der Waals surface area (Å²) in [6.07, 6.45) is 0. The maximum Gasteiger partial charge on any atom is 0.342 e. The van der Waals surface area contributed by atoms with Crippen LogP contribution in [0.2, 0.25) is 0 Å². The van der Waals surface area contributed by atoms with Crippen LogP contribution in [0, 0.1) is 5.82 Å². The summed E-state index contributed by atoms with van der Waals surface area (Å²) in [7, 11) is 1.18. The van der Waals surface area contributed by atoms with Gasteiger partial charge in [0, 0.05) is 0 Å². The Morgan fingerprint density at radius 2 is 1.93 bits per heavy atom. The minimum atomic E-state index is -1.73. The predicted octanol–water partition coefficient (Wildman–Crippen LogP) is 1.21. The van der Waals surface area contributed by atoms with Crippen LogP contribution in [0.25, 0.3) is 0 Å². The number of ether oxygens (including phenoxy) is 1. The summed E-state index contributed by atoms with van der Waals surface area (Å²) in [6, 6.07) is 5.03. The zero-order valence-corrected chi connectivity index (χ0v) is 7.95. The van der Waals surface area contributed by atoms with Gasteiger partial charge in [0.1, 0.15) is 5.82 Å². The van der Waals surface area contributed by atoms with Gasteiger partial charge < -0.3 is 9.84 Å². The summed E-state index contributed by atoms with van der Waals surface area (Å²) in [5.41, 5.74) is -1.44. The normalized spacial score (nSPS) is 14.6. The molecule has 0 aromatic heterocycles. The third-order valence-electron chi connectivity index (χ3n) is 1.99. The van der Waals surface area contributed by atoms with E-state index in [1.165, 1.54) is 38.3 Å². The van der Waals surface area contributed by atoms with Crippen molar-refractivity contribution in [2.75, 3.05) is 7.11 Å². The first-order chi connectivity index (χ1) is 6.48. The molecular formula is C10H11FO3. The van der Waals surface area contributed by atoms with E-state index in [-0.39, 0.29) is 0 Å². The molecule has 0 fully saturated rings. The van der Waals surface area contributed by atoms with Crippen molar-refractivity contribution in [1.29, 1.82) is 0 Å². The average molecular weight is 198 g/mol. The zero-order chi connectivity index (χ0) is 10.8. The van der Waals surface area contributed by atoms with Gasteiger partial charge in [0.2, 0.25) is 0 Å². The lowest BCUT2D eigenvalue weighted by Crippen LogP contribution is -2.33. The van der Waals surface area contributed by atoms with Crippen molar-refractivity contribution in [1.82, 2.24) is 0 Å². The molecule has 1 rings (SSSR count). The fourth-order valence-electron chi connectivity index (χ4n) is 1.09. The van der Waals surface area contributed by atoms with E-state index >= 15 is 0 Å². The molecule has 0 bridgehead atoms. The van der Waals surface area contributed by atoms with Crippen LogP contribution in [-0.4, -0.2) is 18.2 Å². The molecule has 0 aliphatic carbocycles. The number of methoxy groups -OCH3 is 1. The second-order valence-electron chi connectivity index (χ2n) is 3.07. The number of aliphatic hydroxyl groups is 1. The van der Waals surface area contributed by atoms with E-state index in [2.05, 4.69) is 4.74 Å². The molecule has 1 atom stereocenters. The van der Waals surface area contributed by atoms with E-state index < -0.39 is 17.4 Å². The summed E-state index contributed by atoms with van der Waals surface area (Å²) in [6.45, 7) is 1.30. The number of hydrogen-bond acceptors (Lipinski definition) is 3. The van der Waals surface area contributed by atoms with E-state index in [1.54, 1.807) is 0 Å². The molecule has 0 amide bonds. The summed E-state index contributed by atoms with van der Waals surface area (Å²) in [5, 5.41) is 9.75. The van der Waals surface area contributed by atoms with Gasteiger partial charge in [-0.25, -0.2) is 9.18 Å². The van der Waals surface area contributed by atoms with Crippen LogP contribution in [0.1, 0.15) is 12.5 Å². The molecule has 0 radical (unpaired) electrons. The summed E-state index contributed by atoms with van der Waals surface area (Å²) in [4.78, 5) is 11.2. The summed E-state index contributed by atoms with van der Waals surface area (Å²) < 4.78 is 17.0. The van der Waals surface area contributed by atoms with Gasteiger partial charge in [-0.1, -0.05) is 12.1 Å². The first-order valence-electron chi connectivity index (χ1n) is 4.05. The van der Waals surface area contributed by atoms with E-state index in [0.29, 0.717) is 5.56 Å². The van der Waals surface area contributed by atoms with Gasteiger partial charge in [-0.2, -0.15) is 0 Å². The molecule has 0 unspecified atom stereocenters. The highest BCUT2D eigenvalue weighted by atomic mass is 19.1. The number of hydrogen-bond donors (Lipinski definition) is 1. The molecule has 1 aromatic rings. The third-order valence-corrected chi connectivity index (χ3v) is 1.99. The van der Waals surface area contributed by atoms with Crippen molar-refractivity contribution in [3.8, 4) is 0 Å². The lowest BCUT2D eigenvalue weighted by atomic mass is 9.96. The SMILES string of the molecule is COC(=O)[C@](C)(O)c1ccc(F)cc1. The molecule has 4 heteroatoms. The lowest BCUT2D eigenvalue weighted by Gasteiger charge is -2.20. The van der Waals surface area contributed by atoms with Gasteiger partial charge in [-0.3, -0.25) is 0 Å². The Kier molecular flexibility index (Phi) is 2.86. The molecule has 1 aromatic carbocycles. The van der Waals surface area contributed by atoms with Crippen LogP contribution in [0.15, 0.2) is 24.3 Å². The zero-order valence-electron chi connectivity index (χ0n) is 7.95. The monoisotopic (exact) mass is 198 g/mol. The maximum atomic E-state index is 12.6. The van der Waals surface area contributed by atoms with Gasteiger partial charge in [-0.15, -0.1) is 0 Å². The highest BCUT2D eigenvalue weighted by molar-refractivity contribution is 5.80. The minimum Gasteiger partial charge on any atom is -0.467 e. The highest BCUT2D eigenvalue weighted by Gasteiger charge is 2.33. The Balaban J connectivity index is 3.03. The van der Waals surface area contributed by atoms with Crippen molar-refractivity contribution in [3.05, 3.63) is 35.6 Å². The highest BCUT2D eigenvalue weighted by Crippen LogP contribution is 2.21. The second-order valence-corrected chi connectivity index (χ2v) is 3.07. The van der Waals surface area contributed by atoms with Gasteiger partial charge in [0.25, 0.3) is 0 Å². The van der Waals surface area contributed by atoms with E-state index in [1.807, 2.05) is 0 Å². The van der Waals surface area contributed by atoms with Crippen LogP contribution >= 0.6 is 0 Å². The van der Waals surface area contributed by atoms with Gasteiger partial charge in [0.05, 0.1) is 7.11 Å². The summed E-state index contributed by atoms with van der Waals surface area (Å²) in [5.74, 6) is -1.20. The molecule has 76 valence electrons. The van der Waals surface area contributed by atoms with Crippen molar-refractivity contribution in [2.24, 2.45) is 0 Å². The quantitative estimate of drug-likeness (QED) is 0.726. The number of halogens is 1. The van der Waals surface area contributed by atoms with Crippen molar-refractivity contribution in [3.63, 3.8) is 0 Å². The van der Waals surface area contributed by atoms with Crippen LogP contribution in [0.5, 0.6) is 0 Å². The second kappa shape index (κ2) is 3.75. The molecule has 0 saturated heterocycles. The number of esters is 1. The van der Waals surface area contributed by atoms with E-state index in [4.69, 9.17) is 0 Å². The predicted molar refractivity (Wildman–Crippen MR) is 48.0 cm³/mol. The van der Waals surface area contributed by atoms with Crippen LogP contribution in [-0.2, 0) is 15.1 Å². The van der Waals surface area contributed by atoms with Gasteiger partial charge >= 0.3 is 5.97 Å². The fraction of sp³-hybridized carbons (Fsp3) is 0.300. The minimum absolute atomic E-state index is 0.297. The molecule has 0 spiro atoms. The number of carbonyl (C=O) groups is 1. The maximum absolute atomic E-state index is 12.6. The molecule has 3 nitrogen and oxygen atoms in total. The Bertz CT molecular complexity index is 330. The van der Waals surface area contributed by atoms with Crippen molar-refractivity contribution in [2.45, 2.75) is 12.5 Å². The Hall–Kier alpha value is -1.42. The number of carbonyl (C=O) groups excluding carboxylic acids is 1. The topological polar surface area (TPSA) is 46.5 Å². The Morgan fingerprint density at radius 1 is 1.43 bits per heavy atom. The molecule has 1 N–H and O–H groups in total. The average Bonchev–Trinajstić information content (AvgIpc) is 2.17. The lowest BCUT2D eigenvalue weighted by molar-refractivity contribution is -0.161. The first-order valence-corrected chi connectivity index (χ1v) is 4.05. The Labute approximate surface area is 81.1 Å². The van der Waals surface area contributed by atoms with Crippen LogP contribution in [0.3, 0.4) is 0 Å². The van der Waals surface area contributed by atoms with E-state index in [0.717, 1.165) is 0 Å². The van der Waals surface area contributed by atoms with Gasteiger partial charge in [-0.05, 0) is 24.6 Å². The molecule has 0 saturated carbocycles. The molecule has 0 heterocycles. The van der Waals surface area contributed by atoms with Crippen LogP contribution < -0.4 is 0 Å². The molecule has 14 heavy (non-hydrogen) atoms. The third kappa shape index (κ3) is 1.90. The first kappa shape index (κ1) is 10.7. The van der Waals surface area contributed by atoms with Crippen molar-refractivity contribution >= 4 is 5.97 Å². The van der Waals surface area contributed by atoms with Crippen LogP contribution in [0.4, 0.5) is 4.39 Å². The molecule has 0 aliphatic heterocycles. The number of benzene rings is 1. The van der Waals surface area contributed by atoms with E-state index in [9.17, 15) is 14.3 Å². The van der Waals surface area contributed by atoms with Crippen molar-refractivity contribution < 1.29 is 19.0 Å². The largest absolute Gasteiger partial charge is 0.467 e. The standard InChI is InChI=1S/C10H11FO3/c1-10(13,9(12)14-2)7-3-5-8(11)6-4-7/h3-6,13H,1-2H3/t10-/m1/s1. The fourth-order valence-corrected chi connectivity index (χ4v) is 1.09. The van der Waals surface area contributed by atoms with Gasteiger partial charge in [0.15, 0.2) is 5.60 Å². The summed E-state index contributed by atoms with van der Waals surface area (Å²) >= 11 is 0. The number of rotatable bonds is 2. The molecule has 0 aliphatic rings. The smallest absolute Gasteiger partial charge is 0.342 e. The molecular weight excluding hydrogens is 187 g/mol. The Morgan fingerprint density at radius 3 is 2.36 bits per heavy atom.